The largest absolute Gasteiger partial charge is 0.337 e. The maximum Gasteiger partial charge on any atom is 0.337 e. The number of rotatable bonds is 3. The first-order valence-electron chi connectivity index (χ1n) is 7.13. The van der Waals surface area contributed by atoms with Crippen molar-refractivity contribution in [2.75, 3.05) is 0 Å². The fraction of sp³-hybridized carbons (Fsp3) is 0.188. The molecule has 0 saturated carbocycles. The van der Waals surface area contributed by atoms with Gasteiger partial charge in [-0.3, -0.25) is 14.4 Å². The van der Waals surface area contributed by atoms with Gasteiger partial charge in [0.25, 0.3) is 17.4 Å². The molecule has 24 heavy (non-hydrogen) atoms. The average Bonchev–Trinajstić information content (AvgIpc) is 2.76. The lowest BCUT2D eigenvalue weighted by molar-refractivity contribution is -0.167. The van der Waals surface area contributed by atoms with Crippen LogP contribution in [0.1, 0.15) is 37.8 Å². The second-order valence-corrected chi connectivity index (χ2v) is 5.31. The standard InChI is InChI=1S/C16H13N3O5/c1-8-12(14(21)18-9(2)17-8)7-13(20)24-19-15(22)10-5-3-4-6-11(10)16(19)23/h3-6H,7H2,1-2H3,(H,17,18,21). The molecule has 0 fully saturated rings. The van der Waals surface area contributed by atoms with Gasteiger partial charge in [0.2, 0.25) is 0 Å². The molecule has 0 unspecified atom stereocenters. The molecular formula is C16H13N3O5. The number of hydrogen-bond donors (Lipinski definition) is 1. The van der Waals surface area contributed by atoms with Gasteiger partial charge in [-0.2, -0.15) is 0 Å². The first kappa shape index (κ1) is 15.6. The van der Waals surface area contributed by atoms with Crippen LogP contribution in [0.4, 0.5) is 0 Å². The topological polar surface area (TPSA) is 109 Å². The predicted molar refractivity (Wildman–Crippen MR) is 81.1 cm³/mol. The third-order valence-corrected chi connectivity index (χ3v) is 3.61. The fourth-order valence-corrected chi connectivity index (χ4v) is 2.49. The van der Waals surface area contributed by atoms with E-state index < -0.39 is 29.8 Å². The second kappa shape index (κ2) is 5.73. The quantitative estimate of drug-likeness (QED) is 0.830. The Morgan fingerprint density at radius 2 is 1.71 bits per heavy atom. The van der Waals surface area contributed by atoms with Crippen LogP contribution in [-0.2, 0) is 16.1 Å². The molecule has 0 atom stereocenters. The smallest absolute Gasteiger partial charge is 0.329 e. The van der Waals surface area contributed by atoms with E-state index in [2.05, 4.69) is 9.97 Å². The lowest BCUT2D eigenvalue weighted by Crippen LogP contribution is -2.34. The molecule has 0 radical (unpaired) electrons. The van der Waals surface area contributed by atoms with E-state index in [0.717, 1.165) is 0 Å². The number of nitrogens with one attached hydrogen (secondary N) is 1. The molecule has 2 heterocycles. The molecule has 3 rings (SSSR count). The Morgan fingerprint density at radius 3 is 2.25 bits per heavy atom. The minimum Gasteiger partial charge on any atom is -0.329 e. The van der Waals surface area contributed by atoms with Crippen LogP contribution in [0.2, 0.25) is 0 Å². The molecule has 122 valence electrons. The zero-order valence-corrected chi connectivity index (χ0v) is 13.0. The van der Waals surface area contributed by atoms with Crippen molar-refractivity contribution in [3.05, 3.63) is 62.8 Å². The molecule has 1 aromatic heterocycles. The molecule has 8 heteroatoms. The van der Waals surface area contributed by atoms with Crippen LogP contribution in [0, 0.1) is 13.8 Å². The van der Waals surface area contributed by atoms with Crippen LogP contribution in [0.15, 0.2) is 29.1 Å². The summed E-state index contributed by atoms with van der Waals surface area (Å²) in [5.41, 5.74) is 0.389. The van der Waals surface area contributed by atoms with E-state index in [-0.39, 0.29) is 16.7 Å². The van der Waals surface area contributed by atoms with Crippen molar-refractivity contribution < 1.29 is 19.2 Å². The van der Waals surface area contributed by atoms with Crippen LogP contribution in [0.25, 0.3) is 0 Å². The number of fused-ring (bicyclic) bond motifs is 1. The maximum atomic E-state index is 12.1. The number of benzene rings is 1. The highest BCUT2D eigenvalue weighted by atomic mass is 16.7. The third-order valence-electron chi connectivity index (χ3n) is 3.61. The van der Waals surface area contributed by atoms with Crippen molar-refractivity contribution in [3.63, 3.8) is 0 Å². The minimum absolute atomic E-state index is 0.127. The molecular weight excluding hydrogens is 314 g/mol. The number of hydrogen-bond acceptors (Lipinski definition) is 6. The van der Waals surface area contributed by atoms with Crippen molar-refractivity contribution in [3.8, 4) is 0 Å². The SMILES string of the molecule is Cc1nc(C)c(CC(=O)ON2C(=O)c3ccccc3C2=O)c(=O)[nH]1. The Hall–Kier alpha value is -3.29. The summed E-state index contributed by atoms with van der Waals surface area (Å²) >= 11 is 0. The van der Waals surface area contributed by atoms with E-state index in [1.165, 1.54) is 12.1 Å². The molecule has 0 bridgehead atoms. The van der Waals surface area contributed by atoms with Gasteiger partial charge in [0.05, 0.1) is 17.5 Å². The molecule has 1 aliphatic heterocycles. The van der Waals surface area contributed by atoms with Gasteiger partial charge in [0.1, 0.15) is 5.82 Å². The molecule has 2 aromatic rings. The Kier molecular flexibility index (Phi) is 3.72. The lowest BCUT2D eigenvalue weighted by Gasteiger charge is -2.13. The minimum atomic E-state index is -0.899. The first-order valence-corrected chi connectivity index (χ1v) is 7.13. The molecule has 1 aromatic carbocycles. The number of hydroxylamine groups is 2. The first-order chi connectivity index (χ1) is 11.4. The summed E-state index contributed by atoms with van der Waals surface area (Å²) < 4.78 is 0. The number of aryl methyl sites for hydroxylation is 2. The van der Waals surface area contributed by atoms with Crippen LogP contribution < -0.4 is 5.56 Å². The van der Waals surface area contributed by atoms with Crippen LogP contribution in [0.3, 0.4) is 0 Å². The van der Waals surface area contributed by atoms with E-state index in [1.807, 2.05) is 0 Å². The lowest BCUT2D eigenvalue weighted by atomic mass is 10.1. The Labute approximate surface area is 136 Å². The second-order valence-electron chi connectivity index (χ2n) is 5.31. The molecule has 8 nitrogen and oxygen atoms in total. The fourth-order valence-electron chi connectivity index (χ4n) is 2.49. The normalized spacial score (nSPS) is 13.2. The number of H-pyrrole nitrogens is 1. The number of carbonyl (C=O) groups excluding carboxylic acids is 3. The Balaban J connectivity index is 1.79. The van der Waals surface area contributed by atoms with E-state index in [4.69, 9.17) is 4.84 Å². The summed E-state index contributed by atoms with van der Waals surface area (Å²) in [5.74, 6) is -1.90. The Bertz CT molecular complexity index is 897. The third kappa shape index (κ3) is 2.58. The van der Waals surface area contributed by atoms with Crippen molar-refractivity contribution >= 4 is 17.8 Å². The summed E-state index contributed by atoms with van der Waals surface area (Å²) in [6.07, 6.45) is -0.401. The number of aromatic amines is 1. The van der Waals surface area contributed by atoms with Gasteiger partial charge < -0.3 is 9.82 Å². The van der Waals surface area contributed by atoms with Crippen molar-refractivity contribution in [2.45, 2.75) is 20.3 Å². The van der Waals surface area contributed by atoms with Crippen molar-refractivity contribution in [1.29, 1.82) is 0 Å². The summed E-state index contributed by atoms with van der Waals surface area (Å²) in [6.45, 7) is 3.21. The number of amides is 2. The Morgan fingerprint density at radius 1 is 1.12 bits per heavy atom. The van der Waals surface area contributed by atoms with E-state index >= 15 is 0 Å². The van der Waals surface area contributed by atoms with E-state index in [1.54, 1.807) is 26.0 Å². The van der Waals surface area contributed by atoms with Gasteiger partial charge in [0, 0.05) is 11.3 Å². The molecule has 0 aliphatic carbocycles. The summed E-state index contributed by atoms with van der Waals surface area (Å²) in [4.78, 5) is 59.6. The molecule has 2 amide bonds. The number of aromatic nitrogens is 2. The van der Waals surface area contributed by atoms with Crippen molar-refractivity contribution in [1.82, 2.24) is 15.0 Å². The van der Waals surface area contributed by atoms with Gasteiger partial charge in [-0.25, -0.2) is 9.78 Å². The molecule has 0 spiro atoms. The number of imide groups is 1. The molecule has 0 saturated heterocycles. The van der Waals surface area contributed by atoms with E-state index in [9.17, 15) is 19.2 Å². The summed E-state index contributed by atoms with van der Waals surface area (Å²) in [5, 5.41) is 0.415. The van der Waals surface area contributed by atoms with Gasteiger partial charge in [-0.15, -0.1) is 0 Å². The van der Waals surface area contributed by atoms with Gasteiger partial charge in [-0.1, -0.05) is 17.2 Å². The monoisotopic (exact) mass is 327 g/mol. The molecule has 1 N–H and O–H groups in total. The number of nitrogens with zero attached hydrogens (tertiary/aromatic N) is 2. The predicted octanol–water partition coefficient (Wildman–Crippen LogP) is 0.684. The highest BCUT2D eigenvalue weighted by Gasteiger charge is 2.38. The van der Waals surface area contributed by atoms with E-state index in [0.29, 0.717) is 16.6 Å². The summed E-state index contributed by atoms with van der Waals surface area (Å²) in [7, 11) is 0. The zero-order chi connectivity index (χ0) is 17.4. The van der Waals surface area contributed by atoms with Crippen LogP contribution in [0.5, 0.6) is 0 Å². The highest BCUT2D eigenvalue weighted by molar-refractivity contribution is 6.20. The van der Waals surface area contributed by atoms with Gasteiger partial charge in [-0.05, 0) is 26.0 Å². The average molecular weight is 327 g/mol. The zero-order valence-electron chi connectivity index (χ0n) is 13.0. The molecule has 1 aliphatic rings. The van der Waals surface area contributed by atoms with Crippen LogP contribution in [-0.4, -0.2) is 32.8 Å². The van der Waals surface area contributed by atoms with Gasteiger partial charge >= 0.3 is 5.97 Å². The summed E-state index contributed by atoms with van der Waals surface area (Å²) in [6, 6.07) is 6.16. The van der Waals surface area contributed by atoms with Gasteiger partial charge in [0.15, 0.2) is 0 Å². The maximum absolute atomic E-state index is 12.1. The van der Waals surface area contributed by atoms with Crippen LogP contribution >= 0.6 is 0 Å². The van der Waals surface area contributed by atoms with Crippen molar-refractivity contribution in [2.24, 2.45) is 0 Å². The number of carbonyl (C=O) groups is 3. The highest BCUT2D eigenvalue weighted by Crippen LogP contribution is 2.22.